The Hall–Kier alpha value is -0.450. The van der Waals surface area contributed by atoms with Crippen LogP contribution < -0.4 is 0 Å². The Morgan fingerprint density at radius 1 is 1.38 bits per heavy atom. The van der Waals surface area contributed by atoms with Crippen molar-refractivity contribution in [2.45, 2.75) is 19.1 Å². The molecule has 0 saturated carbocycles. The highest BCUT2D eigenvalue weighted by molar-refractivity contribution is 9.10. The smallest absolute Gasteiger partial charge is 0.123 e. The van der Waals surface area contributed by atoms with E-state index in [1.807, 2.05) is 0 Å². The van der Waals surface area contributed by atoms with Crippen LogP contribution in [0.25, 0.3) is 0 Å². The summed E-state index contributed by atoms with van der Waals surface area (Å²) in [6, 6.07) is 3.97. The summed E-state index contributed by atoms with van der Waals surface area (Å²) in [4.78, 5) is 0. The summed E-state index contributed by atoms with van der Waals surface area (Å²) < 4.78 is 13.3. The van der Waals surface area contributed by atoms with Gasteiger partial charge >= 0.3 is 0 Å². The molecule has 4 heteroatoms. The summed E-state index contributed by atoms with van der Waals surface area (Å²) in [7, 11) is 0. The minimum absolute atomic E-state index is 0.356. The highest BCUT2D eigenvalue weighted by atomic mass is 79.9. The number of rotatable bonds is 2. The first-order valence-corrected chi connectivity index (χ1v) is 4.62. The molecule has 2 unspecified atom stereocenters. The number of hydrogen-bond donors (Lipinski definition) is 2. The molecule has 0 heterocycles. The maximum Gasteiger partial charge on any atom is 0.123 e. The lowest BCUT2D eigenvalue weighted by atomic mass is 10.1. The summed E-state index contributed by atoms with van der Waals surface area (Å²) in [5.74, 6) is -0.433. The van der Waals surface area contributed by atoms with Gasteiger partial charge in [-0.05, 0) is 25.1 Å². The van der Waals surface area contributed by atoms with E-state index in [1.165, 1.54) is 25.1 Å². The minimum Gasteiger partial charge on any atom is -0.390 e. The van der Waals surface area contributed by atoms with E-state index in [9.17, 15) is 9.50 Å². The van der Waals surface area contributed by atoms with Gasteiger partial charge in [0.2, 0.25) is 0 Å². The second-order valence-corrected chi connectivity index (χ2v) is 3.71. The van der Waals surface area contributed by atoms with E-state index in [0.29, 0.717) is 10.0 Å². The minimum atomic E-state index is -1.06. The largest absolute Gasteiger partial charge is 0.390 e. The monoisotopic (exact) mass is 248 g/mol. The van der Waals surface area contributed by atoms with Crippen LogP contribution in [-0.2, 0) is 0 Å². The van der Waals surface area contributed by atoms with Gasteiger partial charge in [-0.2, -0.15) is 0 Å². The Morgan fingerprint density at radius 3 is 2.54 bits per heavy atom. The Labute approximate surface area is 84.1 Å². The van der Waals surface area contributed by atoms with Crippen molar-refractivity contribution in [3.63, 3.8) is 0 Å². The van der Waals surface area contributed by atoms with Gasteiger partial charge in [0, 0.05) is 10.0 Å². The maximum atomic E-state index is 12.8. The van der Waals surface area contributed by atoms with Gasteiger partial charge in [0.15, 0.2) is 0 Å². The van der Waals surface area contributed by atoms with Gasteiger partial charge in [0.05, 0.1) is 6.10 Å². The summed E-state index contributed by atoms with van der Waals surface area (Å²) in [5.41, 5.74) is 0.356. The van der Waals surface area contributed by atoms with Crippen LogP contribution in [0.2, 0.25) is 0 Å². The molecule has 13 heavy (non-hydrogen) atoms. The topological polar surface area (TPSA) is 40.5 Å². The third-order valence-electron chi connectivity index (χ3n) is 1.73. The average molecular weight is 249 g/mol. The molecule has 2 atom stereocenters. The van der Waals surface area contributed by atoms with Gasteiger partial charge in [-0.25, -0.2) is 4.39 Å². The highest BCUT2D eigenvalue weighted by Gasteiger charge is 2.16. The summed E-state index contributed by atoms with van der Waals surface area (Å²) >= 11 is 3.16. The zero-order valence-electron chi connectivity index (χ0n) is 7.04. The van der Waals surface area contributed by atoms with Crippen molar-refractivity contribution < 1.29 is 14.6 Å². The van der Waals surface area contributed by atoms with E-state index in [-0.39, 0.29) is 0 Å². The first-order valence-electron chi connectivity index (χ1n) is 3.83. The maximum absolute atomic E-state index is 12.8. The molecule has 72 valence electrons. The molecule has 0 fully saturated rings. The van der Waals surface area contributed by atoms with E-state index in [2.05, 4.69) is 15.9 Å². The Kier molecular flexibility index (Phi) is 3.41. The zero-order chi connectivity index (χ0) is 10.0. The highest BCUT2D eigenvalue weighted by Crippen LogP contribution is 2.26. The molecular formula is C9H10BrFO2. The summed E-state index contributed by atoms with van der Waals surface area (Å²) in [6.07, 6.45) is -1.98. The van der Waals surface area contributed by atoms with Gasteiger partial charge in [0.25, 0.3) is 0 Å². The van der Waals surface area contributed by atoms with Gasteiger partial charge in [-0.1, -0.05) is 15.9 Å². The molecule has 0 aliphatic rings. The lowest BCUT2D eigenvalue weighted by Gasteiger charge is -2.15. The van der Waals surface area contributed by atoms with Crippen LogP contribution in [0.4, 0.5) is 4.39 Å². The van der Waals surface area contributed by atoms with E-state index < -0.39 is 18.0 Å². The van der Waals surface area contributed by atoms with Crippen molar-refractivity contribution in [1.29, 1.82) is 0 Å². The van der Waals surface area contributed by atoms with E-state index in [4.69, 9.17) is 5.11 Å². The second kappa shape index (κ2) is 4.17. The Morgan fingerprint density at radius 2 is 2.00 bits per heavy atom. The van der Waals surface area contributed by atoms with Crippen molar-refractivity contribution in [2.75, 3.05) is 0 Å². The van der Waals surface area contributed by atoms with Crippen molar-refractivity contribution in [3.05, 3.63) is 34.1 Å². The molecule has 1 rings (SSSR count). The number of hydrogen-bond acceptors (Lipinski definition) is 2. The molecule has 0 radical (unpaired) electrons. The van der Waals surface area contributed by atoms with Crippen LogP contribution in [0.15, 0.2) is 22.7 Å². The van der Waals surface area contributed by atoms with Gasteiger partial charge in [0.1, 0.15) is 11.9 Å². The van der Waals surface area contributed by atoms with Gasteiger partial charge in [-0.15, -0.1) is 0 Å². The number of halogens is 2. The predicted molar refractivity (Wildman–Crippen MR) is 50.7 cm³/mol. The molecule has 0 amide bonds. The Bertz CT molecular complexity index is 302. The molecule has 0 saturated heterocycles. The van der Waals surface area contributed by atoms with Crippen LogP contribution in [0.5, 0.6) is 0 Å². The third-order valence-corrected chi connectivity index (χ3v) is 2.46. The molecule has 2 N–H and O–H groups in total. The summed E-state index contributed by atoms with van der Waals surface area (Å²) in [5, 5.41) is 18.6. The van der Waals surface area contributed by atoms with Crippen molar-refractivity contribution >= 4 is 15.9 Å². The molecule has 0 spiro atoms. The average Bonchev–Trinajstić information content (AvgIpc) is 2.08. The first kappa shape index (κ1) is 10.6. The number of aliphatic hydroxyl groups excluding tert-OH is 2. The normalized spacial score (nSPS) is 15.5. The van der Waals surface area contributed by atoms with E-state index in [1.54, 1.807) is 0 Å². The van der Waals surface area contributed by atoms with E-state index in [0.717, 1.165) is 0 Å². The van der Waals surface area contributed by atoms with Crippen molar-refractivity contribution in [1.82, 2.24) is 0 Å². The van der Waals surface area contributed by atoms with Crippen LogP contribution in [0.3, 0.4) is 0 Å². The lowest BCUT2D eigenvalue weighted by molar-refractivity contribution is 0.0299. The van der Waals surface area contributed by atoms with Crippen LogP contribution in [-0.4, -0.2) is 16.3 Å². The third kappa shape index (κ3) is 2.49. The predicted octanol–water partition coefficient (Wildman–Crippen LogP) is 2.00. The van der Waals surface area contributed by atoms with Crippen LogP contribution >= 0.6 is 15.9 Å². The fourth-order valence-corrected chi connectivity index (χ4v) is 1.48. The van der Waals surface area contributed by atoms with Crippen molar-refractivity contribution in [2.24, 2.45) is 0 Å². The van der Waals surface area contributed by atoms with Gasteiger partial charge in [-0.3, -0.25) is 0 Å². The standard InChI is InChI=1S/C9H10BrFO2/c1-5(12)9(13)7-4-6(11)2-3-8(7)10/h2-5,9,12-13H,1H3. The zero-order valence-corrected chi connectivity index (χ0v) is 8.62. The van der Waals surface area contributed by atoms with Gasteiger partial charge < -0.3 is 10.2 Å². The number of aliphatic hydroxyl groups is 2. The molecule has 0 aliphatic heterocycles. The molecular weight excluding hydrogens is 239 g/mol. The lowest BCUT2D eigenvalue weighted by Crippen LogP contribution is -2.14. The fourth-order valence-electron chi connectivity index (χ4n) is 1.00. The first-order chi connectivity index (χ1) is 6.02. The van der Waals surface area contributed by atoms with E-state index >= 15 is 0 Å². The number of benzene rings is 1. The quantitative estimate of drug-likeness (QED) is 0.841. The molecule has 1 aromatic rings. The second-order valence-electron chi connectivity index (χ2n) is 2.85. The fraction of sp³-hybridized carbons (Fsp3) is 0.333. The molecule has 1 aromatic carbocycles. The SMILES string of the molecule is CC(O)C(O)c1cc(F)ccc1Br. The van der Waals surface area contributed by atoms with Crippen LogP contribution in [0, 0.1) is 5.82 Å². The Balaban J connectivity index is 3.05. The molecule has 0 aromatic heterocycles. The molecule has 0 aliphatic carbocycles. The summed E-state index contributed by atoms with van der Waals surface area (Å²) in [6.45, 7) is 1.45. The van der Waals surface area contributed by atoms with Crippen LogP contribution in [0.1, 0.15) is 18.6 Å². The van der Waals surface area contributed by atoms with Crippen molar-refractivity contribution in [3.8, 4) is 0 Å². The molecule has 0 bridgehead atoms. The molecule has 2 nitrogen and oxygen atoms in total.